The van der Waals surface area contributed by atoms with Gasteiger partial charge >= 0.3 is 0 Å². The molecule has 3 nitrogen and oxygen atoms in total. The van der Waals surface area contributed by atoms with Crippen LogP contribution >= 0.6 is 0 Å². The molecule has 0 atom stereocenters. The van der Waals surface area contributed by atoms with Gasteiger partial charge in [0.2, 0.25) is 0 Å². The zero-order chi connectivity index (χ0) is 14.2. The summed E-state index contributed by atoms with van der Waals surface area (Å²) in [5, 5.41) is 0. The molecule has 2 aliphatic carbocycles. The lowest BCUT2D eigenvalue weighted by atomic mass is 10.0. The Labute approximate surface area is 125 Å². The first-order valence-electron chi connectivity index (χ1n) is 8.04. The molecular formula is C18H21N3. The van der Waals surface area contributed by atoms with E-state index in [0.717, 1.165) is 23.0 Å². The van der Waals surface area contributed by atoms with Gasteiger partial charge in [-0.15, -0.1) is 0 Å². The van der Waals surface area contributed by atoms with E-state index in [9.17, 15) is 0 Å². The molecule has 0 bridgehead atoms. The fourth-order valence-electron chi connectivity index (χ4n) is 3.39. The second-order valence-corrected chi connectivity index (χ2v) is 6.42. The van der Waals surface area contributed by atoms with E-state index in [1.165, 1.54) is 44.1 Å². The monoisotopic (exact) mass is 279 g/mol. The molecule has 1 heterocycles. The van der Waals surface area contributed by atoms with Gasteiger partial charge in [-0.25, -0.2) is 9.97 Å². The molecule has 2 aliphatic rings. The quantitative estimate of drug-likeness (QED) is 0.913. The van der Waals surface area contributed by atoms with Crippen molar-refractivity contribution in [2.24, 2.45) is 0 Å². The summed E-state index contributed by atoms with van der Waals surface area (Å²) in [6.07, 6.45) is 7.71. The summed E-state index contributed by atoms with van der Waals surface area (Å²) in [5.41, 5.74) is 9.68. The summed E-state index contributed by atoms with van der Waals surface area (Å²) in [7, 11) is 0. The molecule has 3 heteroatoms. The van der Waals surface area contributed by atoms with Crippen molar-refractivity contribution < 1.29 is 0 Å². The normalized spacial score (nSPS) is 19.0. The molecule has 1 aromatic carbocycles. The van der Waals surface area contributed by atoms with Gasteiger partial charge in [-0.2, -0.15) is 0 Å². The van der Waals surface area contributed by atoms with E-state index in [0.29, 0.717) is 11.7 Å². The molecule has 0 aliphatic heterocycles. The van der Waals surface area contributed by atoms with E-state index in [-0.39, 0.29) is 0 Å². The summed E-state index contributed by atoms with van der Waals surface area (Å²) in [4.78, 5) is 9.28. The van der Waals surface area contributed by atoms with E-state index < -0.39 is 0 Å². The van der Waals surface area contributed by atoms with Gasteiger partial charge in [0.15, 0.2) is 5.82 Å². The Bertz CT molecular complexity index is 655. The summed E-state index contributed by atoms with van der Waals surface area (Å²) >= 11 is 0. The van der Waals surface area contributed by atoms with Gasteiger partial charge in [0.05, 0.1) is 0 Å². The number of nitrogens with zero attached hydrogens (tertiary/aromatic N) is 2. The number of anilines is 1. The van der Waals surface area contributed by atoms with Gasteiger partial charge in [0, 0.05) is 23.2 Å². The maximum Gasteiger partial charge on any atom is 0.161 e. The van der Waals surface area contributed by atoms with Gasteiger partial charge in [0.1, 0.15) is 5.82 Å². The van der Waals surface area contributed by atoms with Crippen molar-refractivity contribution in [1.29, 1.82) is 0 Å². The maximum absolute atomic E-state index is 6.02. The summed E-state index contributed by atoms with van der Waals surface area (Å²) in [6, 6.07) is 10.6. The standard InChI is InChI=1S/C18H21N3/c19-17-11-16(13-4-1-2-5-13)20-18(21-17)15-7-3-6-14(10-15)12-8-9-12/h3,6-7,10-13H,1-2,4-5,8-9H2,(H2,19,20,21). The molecule has 1 aromatic heterocycles. The Morgan fingerprint density at radius 1 is 0.905 bits per heavy atom. The highest BCUT2D eigenvalue weighted by Crippen LogP contribution is 2.41. The molecule has 2 fully saturated rings. The highest BCUT2D eigenvalue weighted by atomic mass is 14.9. The Balaban J connectivity index is 1.71. The van der Waals surface area contributed by atoms with Crippen LogP contribution in [0.15, 0.2) is 30.3 Å². The Kier molecular flexibility index (Phi) is 3.13. The zero-order valence-corrected chi connectivity index (χ0v) is 12.3. The molecule has 0 amide bonds. The Hall–Kier alpha value is -1.90. The Morgan fingerprint density at radius 2 is 1.71 bits per heavy atom. The summed E-state index contributed by atoms with van der Waals surface area (Å²) in [5.74, 6) is 2.71. The summed E-state index contributed by atoms with van der Waals surface area (Å²) < 4.78 is 0. The number of hydrogen-bond donors (Lipinski definition) is 1. The van der Waals surface area contributed by atoms with Crippen molar-refractivity contribution in [3.8, 4) is 11.4 Å². The predicted octanol–water partition coefficient (Wildman–Crippen LogP) is 4.26. The van der Waals surface area contributed by atoms with Gasteiger partial charge in [0.25, 0.3) is 0 Å². The van der Waals surface area contributed by atoms with Gasteiger partial charge in [-0.1, -0.05) is 31.0 Å². The summed E-state index contributed by atoms with van der Waals surface area (Å²) in [6.45, 7) is 0. The minimum atomic E-state index is 0.570. The van der Waals surface area contributed by atoms with Crippen molar-refractivity contribution in [2.45, 2.75) is 50.4 Å². The molecule has 108 valence electrons. The van der Waals surface area contributed by atoms with Gasteiger partial charge in [-0.3, -0.25) is 0 Å². The molecule has 2 N–H and O–H groups in total. The number of hydrogen-bond acceptors (Lipinski definition) is 3. The highest BCUT2D eigenvalue weighted by molar-refractivity contribution is 5.59. The third-order valence-electron chi connectivity index (χ3n) is 4.73. The van der Waals surface area contributed by atoms with Crippen LogP contribution in [-0.2, 0) is 0 Å². The van der Waals surface area contributed by atoms with Crippen molar-refractivity contribution in [3.05, 3.63) is 41.6 Å². The smallest absolute Gasteiger partial charge is 0.161 e. The maximum atomic E-state index is 6.02. The molecule has 2 aromatic rings. The first-order chi connectivity index (χ1) is 10.3. The van der Waals surface area contributed by atoms with Crippen LogP contribution in [0.2, 0.25) is 0 Å². The van der Waals surface area contributed by atoms with Crippen LogP contribution in [0.3, 0.4) is 0 Å². The topological polar surface area (TPSA) is 51.8 Å². The van der Waals surface area contributed by atoms with Crippen molar-refractivity contribution in [2.75, 3.05) is 5.73 Å². The van der Waals surface area contributed by atoms with Crippen molar-refractivity contribution in [1.82, 2.24) is 9.97 Å². The lowest BCUT2D eigenvalue weighted by Crippen LogP contribution is -2.03. The fraction of sp³-hybridized carbons (Fsp3) is 0.444. The predicted molar refractivity (Wildman–Crippen MR) is 85.1 cm³/mol. The van der Waals surface area contributed by atoms with Gasteiger partial charge < -0.3 is 5.73 Å². The molecule has 0 spiro atoms. The third kappa shape index (κ3) is 2.65. The first-order valence-corrected chi connectivity index (χ1v) is 8.04. The van der Waals surface area contributed by atoms with Crippen molar-refractivity contribution >= 4 is 5.82 Å². The minimum absolute atomic E-state index is 0.570. The van der Waals surface area contributed by atoms with Crippen LogP contribution < -0.4 is 5.73 Å². The van der Waals surface area contributed by atoms with Gasteiger partial charge in [-0.05, 0) is 43.2 Å². The van der Waals surface area contributed by atoms with Crippen molar-refractivity contribution in [3.63, 3.8) is 0 Å². The molecule has 0 unspecified atom stereocenters. The van der Waals surface area contributed by atoms with E-state index in [4.69, 9.17) is 10.7 Å². The molecule has 0 saturated heterocycles. The minimum Gasteiger partial charge on any atom is -0.384 e. The van der Waals surface area contributed by atoms with E-state index >= 15 is 0 Å². The fourth-order valence-corrected chi connectivity index (χ4v) is 3.39. The molecule has 21 heavy (non-hydrogen) atoms. The first kappa shape index (κ1) is 12.8. The second kappa shape index (κ2) is 5.14. The molecule has 4 rings (SSSR count). The number of nitrogens with two attached hydrogens (primary N) is 1. The average molecular weight is 279 g/mol. The Morgan fingerprint density at radius 3 is 2.48 bits per heavy atom. The molecule has 0 radical (unpaired) electrons. The largest absolute Gasteiger partial charge is 0.384 e. The van der Waals surface area contributed by atoms with Crippen LogP contribution in [0, 0.1) is 0 Å². The number of aromatic nitrogens is 2. The van der Waals surface area contributed by atoms with Crippen LogP contribution in [0.4, 0.5) is 5.82 Å². The second-order valence-electron chi connectivity index (χ2n) is 6.42. The lowest BCUT2D eigenvalue weighted by Gasteiger charge is -2.11. The van der Waals surface area contributed by atoms with E-state index in [1.807, 2.05) is 6.07 Å². The average Bonchev–Trinajstić information content (AvgIpc) is 3.21. The number of rotatable bonds is 3. The molecular weight excluding hydrogens is 258 g/mol. The van der Waals surface area contributed by atoms with Crippen LogP contribution in [0.5, 0.6) is 0 Å². The van der Waals surface area contributed by atoms with Crippen LogP contribution in [0.1, 0.15) is 61.6 Å². The highest BCUT2D eigenvalue weighted by Gasteiger charge is 2.24. The zero-order valence-electron chi connectivity index (χ0n) is 12.3. The SMILES string of the molecule is Nc1cc(C2CCCC2)nc(-c2cccc(C3CC3)c2)n1. The number of benzene rings is 1. The number of nitrogen functional groups attached to an aromatic ring is 1. The van der Waals surface area contributed by atoms with Crippen LogP contribution in [-0.4, -0.2) is 9.97 Å². The van der Waals surface area contributed by atoms with E-state index in [1.54, 1.807) is 0 Å². The van der Waals surface area contributed by atoms with Crippen LogP contribution in [0.25, 0.3) is 11.4 Å². The third-order valence-corrected chi connectivity index (χ3v) is 4.73. The lowest BCUT2D eigenvalue weighted by molar-refractivity contribution is 0.696. The molecule has 2 saturated carbocycles. The van der Waals surface area contributed by atoms with E-state index in [2.05, 4.69) is 29.2 Å².